The predicted octanol–water partition coefficient (Wildman–Crippen LogP) is -0.638. The van der Waals surface area contributed by atoms with Gasteiger partial charge in [-0.3, -0.25) is 9.63 Å². The standard InChI is InChI=1S/C8H14N2O6/c1-13-5-9-7(12)10(16-4)6(11)8(9,14-2)15-3/h5H2,1-4H3. The van der Waals surface area contributed by atoms with Gasteiger partial charge in [-0.15, -0.1) is 5.06 Å². The van der Waals surface area contributed by atoms with Gasteiger partial charge in [-0.1, -0.05) is 0 Å². The molecule has 0 radical (unpaired) electrons. The Kier molecular flexibility index (Phi) is 3.81. The summed E-state index contributed by atoms with van der Waals surface area (Å²) in [4.78, 5) is 29.2. The molecule has 0 atom stereocenters. The van der Waals surface area contributed by atoms with Crippen molar-refractivity contribution in [3.05, 3.63) is 0 Å². The Labute approximate surface area is 92.5 Å². The number of ether oxygens (including phenoxy) is 3. The van der Waals surface area contributed by atoms with Crippen LogP contribution in [0.5, 0.6) is 0 Å². The van der Waals surface area contributed by atoms with E-state index in [1.54, 1.807) is 0 Å². The zero-order valence-electron chi connectivity index (χ0n) is 9.55. The molecule has 0 aromatic heterocycles. The number of hydrogen-bond acceptors (Lipinski definition) is 6. The van der Waals surface area contributed by atoms with Crippen LogP contribution in [0, 0.1) is 0 Å². The van der Waals surface area contributed by atoms with E-state index in [9.17, 15) is 9.59 Å². The lowest BCUT2D eigenvalue weighted by Crippen LogP contribution is -2.53. The average molecular weight is 234 g/mol. The van der Waals surface area contributed by atoms with Crippen molar-refractivity contribution in [2.24, 2.45) is 0 Å². The number of hydroxylamine groups is 2. The Balaban J connectivity index is 3.12. The lowest BCUT2D eigenvalue weighted by molar-refractivity contribution is -0.267. The molecule has 8 nitrogen and oxygen atoms in total. The predicted molar refractivity (Wildman–Crippen MR) is 49.7 cm³/mol. The Morgan fingerprint density at radius 3 is 2.06 bits per heavy atom. The van der Waals surface area contributed by atoms with Gasteiger partial charge in [-0.25, -0.2) is 9.69 Å². The summed E-state index contributed by atoms with van der Waals surface area (Å²) in [6.07, 6.45) is 0. The topological polar surface area (TPSA) is 77.5 Å². The molecule has 1 heterocycles. The highest BCUT2D eigenvalue weighted by Crippen LogP contribution is 2.29. The first-order valence-electron chi connectivity index (χ1n) is 4.38. The fraction of sp³-hybridized carbons (Fsp3) is 0.750. The van der Waals surface area contributed by atoms with Gasteiger partial charge in [0.15, 0.2) is 0 Å². The Morgan fingerprint density at radius 2 is 1.69 bits per heavy atom. The SMILES string of the molecule is COCN1C(=O)N(OC)C(=O)C1(OC)OC. The van der Waals surface area contributed by atoms with Crippen molar-refractivity contribution in [2.45, 2.75) is 5.91 Å². The number of carbonyl (C=O) groups is 2. The molecule has 0 aromatic carbocycles. The van der Waals surface area contributed by atoms with Gasteiger partial charge in [0.2, 0.25) is 0 Å². The zero-order chi connectivity index (χ0) is 12.3. The highest BCUT2D eigenvalue weighted by Gasteiger charge is 2.60. The lowest BCUT2D eigenvalue weighted by atomic mass is 10.4. The van der Waals surface area contributed by atoms with E-state index in [4.69, 9.17) is 14.2 Å². The summed E-state index contributed by atoms with van der Waals surface area (Å²) in [6, 6.07) is -0.710. The summed E-state index contributed by atoms with van der Waals surface area (Å²) in [5.74, 6) is -2.59. The highest BCUT2D eigenvalue weighted by atomic mass is 16.8. The number of nitrogens with zero attached hydrogens (tertiary/aromatic N) is 2. The van der Waals surface area contributed by atoms with Crippen molar-refractivity contribution >= 4 is 11.9 Å². The number of imide groups is 1. The van der Waals surface area contributed by atoms with Crippen LogP contribution >= 0.6 is 0 Å². The molecule has 1 aliphatic heterocycles. The molecule has 92 valence electrons. The van der Waals surface area contributed by atoms with Crippen LogP contribution in [0.4, 0.5) is 4.79 Å². The van der Waals surface area contributed by atoms with Crippen molar-refractivity contribution in [1.82, 2.24) is 9.96 Å². The smallest absolute Gasteiger partial charge is 0.358 e. The third-order valence-electron chi connectivity index (χ3n) is 2.21. The second kappa shape index (κ2) is 4.74. The quantitative estimate of drug-likeness (QED) is 0.465. The van der Waals surface area contributed by atoms with E-state index in [0.717, 1.165) is 4.90 Å². The maximum atomic E-state index is 11.8. The molecule has 16 heavy (non-hydrogen) atoms. The summed E-state index contributed by atoms with van der Waals surface area (Å²) in [7, 11) is 5.07. The molecule has 0 N–H and O–H groups in total. The minimum absolute atomic E-state index is 0.161. The fourth-order valence-corrected chi connectivity index (χ4v) is 1.47. The van der Waals surface area contributed by atoms with Crippen LogP contribution in [-0.4, -0.2) is 63.0 Å². The first-order valence-corrected chi connectivity index (χ1v) is 4.38. The molecule has 3 amide bonds. The normalized spacial score (nSPS) is 19.8. The lowest BCUT2D eigenvalue weighted by Gasteiger charge is -2.30. The molecular formula is C8H14N2O6. The van der Waals surface area contributed by atoms with Crippen molar-refractivity contribution < 1.29 is 28.6 Å². The molecule has 1 fully saturated rings. The number of carbonyl (C=O) groups excluding carboxylic acids is 2. The minimum Gasteiger partial charge on any atom is -0.364 e. The molecule has 0 unspecified atom stereocenters. The maximum Gasteiger partial charge on any atom is 0.358 e. The van der Waals surface area contributed by atoms with Crippen LogP contribution in [0.3, 0.4) is 0 Å². The summed E-state index contributed by atoms with van der Waals surface area (Å²) in [5.41, 5.74) is 0. The van der Waals surface area contributed by atoms with Gasteiger partial charge in [0.1, 0.15) is 6.73 Å². The summed E-state index contributed by atoms with van der Waals surface area (Å²) in [6.45, 7) is -0.161. The second-order valence-corrected chi connectivity index (χ2v) is 2.90. The largest absolute Gasteiger partial charge is 0.364 e. The third kappa shape index (κ3) is 1.55. The average Bonchev–Trinajstić information content (AvgIpc) is 2.49. The van der Waals surface area contributed by atoms with E-state index in [1.807, 2.05) is 0 Å². The highest BCUT2D eigenvalue weighted by molar-refractivity contribution is 6.04. The number of amides is 3. The fourth-order valence-electron chi connectivity index (χ4n) is 1.47. The van der Waals surface area contributed by atoms with E-state index >= 15 is 0 Å². The molecule has 0 bridgehead atoms. The van der Waals surface area contributed by atoms with Crippen LogP contribution in [-0.2, 0) is 23.8 Å². The first-order chi connectivity index (χ1) is 7.58. The minimum atomic E-state index is -1.83. The molecule has 0 spiro atoms. The molecule has 0 saturated carbocycles. The molecule has 1 rings (SSSR count). The maximum absolute atomic E-state index is 11.8. The van der Waals surface area contributed by atoms with Gasteiger partial charge in [0, 0.05) is 21.3 Å². The van der Waals surface area contributed by atoms with Crippen LogP contribution in [0.1, 0.15) is 0 Å². The molecular weight excluding hydrogens is 220 g/mol. The van der Waals surface area contributed by atoms with Crippen LogP contribution in [0.25, 0.3) is 0 Å². The van der Waals surface area contributed by atoms with Gasteiger partial charge in [-0.05, 0) is 0 Å². The molecule has 1 saturated heterocycles. The second-order valence-electron chi connectivity index (χ2n) is 2.90. The van der Waals surface area contributed by atoms with Gasteiger partial charge in [-0.2, -0.15) is 0 Å². The van der Waals surface area contributed by atoms with E-state index in [1.165, 1.54) is 28.4 Å². The van der Waals surface area contributed by atoms with Gasteiger partial charge in [0.05, 0.1) is 7.11 Å². The molecule has 8 heteroatoms. The van der Waals surface area contributed by atoms with E-state index in [2.05, 4.69) is 4.84 Å². The summed E-state index contributed by atoms with van der Waals surface area (Å²) >= 11 is 0. The first kappa shape index (κ1) is 12.8. The molecule has 0 aliphatic carbocycles. The monoisotopic (exact) mass is 234 g/mol. The summed E-state index contributed by atoms with van der Waals surface area (Å²) in [5, 5.41) is 0.548. The number of urea groups is 1. The van der Waals surface area contributed by atoms with E-state index < -0.39 is 17.8 Å². The number of rotatable bonds is 5. The van der Waals surface area contributed by atoms with Gasteiger partial charge in [0.25, 0.3) is 0 Å². The van der Waals surface area contributed by atoms with Crippen molar-refractivity contribution in [2.75, 3.05) is 35.2 Å². The van der Waals surface area contributed by atoms with Crippen LogP contribution in [0.2, 0.25) is 0 Å². The Morgan fingerprint density at radius 1 is 1.12 bits per heavy atom. The molecule has 1 aliphatic rings. The number of hydrogen-bond donors (Lipinski definition) is 0. The van der Waals surface area contributed by atoms with Crippen molar-refractivity contribution in [3.8, 4) is 0 Å². The van der Waals surface area contributed by atoms with Crippen LogP contribution in [0.15, 0.2) is 0 Å². The zero-order valence-corrected chi connectivity index (χ0v) is 9.55. The van der Waals surface area contributed by atoms with Gasteiger partial charge >= 0.3 is 17.8 Å². The number of methoxy groups -OCH3 is 3. The Hall–Kier alpha value is -1.22. The third-order valence-corrected chi connectivity index (χ3v) is 2.21. The van der Waals surface area contributed by atoms with Gasteiger partial charge < -0.3 is 14.2 Å². The van der Waals surface area contributed by atoms with Crippen molar-refractivity contribution in [3.63, 3.8) is 0 Å². The Bertz CT molecular complexity index is 290. The van der Waals surface area contributed by atoms with Crippen molar-refractivity contribution in [1.29, 1.82) is 0 Å². The summed E-state index contributed by atoms with van der Waals surface area (Å²) < 4.78 is 14.7. The van der Waals surface area contributed by atoms with Crippen LogP contribution < -0.4 is 0 Å². The van der Waals surface area contributed by atoms with E-state index in [-0.39, 0.29) is 6.73 Å². The molecule has 0 aromatic rings. The van der Waals surface area contributed by atoms with E-state index in [0.29, 0.717) is 5.06 Å².